The van der Waals surface area contributed by atoms with Gasteiger partial charge in [0.05, 0.1) is 25.3 Å². The van der Waals surface area contributed by atoms with Crippen LogP contribution in [0.2, 0.25) is 0 Å². The first-order valence-corrected chi connectivity index (χ1v) is 11.2. The molecule has 7 nitrogen and oxygen atoms in total. The van der Waals surface area contributed by atoms with Gasteiger partial charge in [0.2, 0.25) is 5.91 Å². The summed E-state index contributed by atoms with van der Waals surface area (Å²) in [5.41, 5.74) is 1.71. The van der Waals surface area contributed by atoms with Gasteiger partial charge in [-0.1, -0.05) is 12.2 Å². The highest BCUT2D eigenvalue weighted by molar-refractivity contribution is 5.83. The molecule has 4 aliphatic rings. The van der Waals surface area contributed by atoms with Crippen molar-refractivity contribution in [2.45, 2.75) is 38.4 Å². The fourth-order valence-electron chi connectivity index (χ4n) is 5.69. The molecule has 162 valence electrons. The predicted molar refractivity (Wildman–Crippen MR) is 113 cm³/mol. The van der Waals surface area contributed by atoms with Crippen LogP contribution in [0, 0.1) is 17.8 Å². The van der Waals surface area contributed by atoms with E-state index in [0.29, 0.717) is 44.3 Å². The van der Waals surface area contributed by atoms with Gasteiger partial charge in [-0.25, -0.2) is 0 Å². The third-order valence-electron chi connectivity index (χ3n) is 7.31. The summed E-state index contributed by atoms with van der Waals surface area (Å²) < 4.78 is 7.31. The Morgan fingerprint density at radius 1 is 1.27 bits per heavy atom. The number of aliphatic hydroxyl groups excluding tert-OH is 1. The number of fused-ring (bicyclic) bond motifs is 3. The lowest BCUT2D eigenvalue weighted by Gasteiger charge is -2.36. The van der Waals surface area contributed by atoms with E-state index in [-0.39, 0.29) is 42.0 Å². The van der Waals surface area contributed by atoms with Gasteiger partial charge in [-0.15, -0.1) is 0 Å². The largest absolute Gasteiger partial charge is 0.396 e. The molecular weight excluding hydrogens is 382 g/mol. The van der Waals surface area contributed by atoms with Crippen LogP contribution in [0.5, 0.6) is 0 Å². The topological polar surface area (TPSA) is 75.0 Å². The van der Waals surface area contributed by atoms with Crippen LogP contribution in [-0.2, 0) is 16.1 Å². The lowest BCUT2D eigenvalue weighted by molar-refractivity contribution is -0.142. The van der Waals surface area contributed by atoms with Gasteiger partial charge in [0.1, 0.15) is 0 Å². The maximum absolute atomic E-state index is 13.6. The minimum Gasteiger partial charge on any atom is -0.396 e. The number of amides is 1. The van der Waals surface area contributed by atoms with Gasteiger partial charge >= 0.3 is 0 Å². The maximum Gasteiger partial charge on any atom is 0.258 e. The molecule has 0 aromatic carbocycles. The van der Waals surface area contributed by atoms with Gasteiger partial charge in [-0.3, -0.25) is 14.5 Å². The second-order valence-electron chi connectivity index (χ2n) is 9.11. The average Bonchev–Trinajstić information content (AvgIpc) is 3.43. The Balaban J connectivity index is 1.53. The van der Waals surface area contributed by atoms with E-state index >= 15 is 0 Å². The molecule has 1 saturated carbocycles. The Kier molecular flexibility index (Phi) is 5.29. The number of likely N-dealkylation sites (tertiary alicyclic amines) is 1. The highest BCUT2D eigenvalue weighted by Gasteiger charge is 2.56. The molecule has 7 heteroatoms. The molecule has 3 aliphatic heterocycles. The number of aliphatic hydroxyl groups is 1. The van der Waals surface area contributed by atoms with Gasteiger partial charge in [0, 0.05) is 55.9 Å². The number of aromatic nitrogens is 1. The molecule has 1 N–H and O–H groups in total. The molecule has 30 heavy (non-hydrogen) atoms. The Morgan fingerprint density at radius 3 is 2.70 bits per heavy atom. The van der Waals surface area contributed by atoms with Crippen molar-refractivity contribution < 1.29 is 14.6 Å². The molecule has 0 radical (unpaired) electrons. The Bertz CT molecular complexity index is 900. The first-order chi connectivity index (χ1) is 14.6. The summed E-state index contributed by atoms with van der Waals surface area (Å²) in [6, 6.07) is 3.65. The lowest BCUT2D eigenvalue weighted by Crippen LogP contribution is -2.53. The molecule has 5 rings (SSSR count). The van der Waals surface area contributed by atoms with Crippen LogP contribution in [0.1, 0.15) is 37.1 Å². The molecule has 1 amide bonds. The zero-order valence-electron chi connectivity index (χ0n) is 17.6. The average molecular weight is 414 g/mol. The summed E-state index contributed by atoms with van der Waals surface area (Å²) in [6.07, 6.45) is 6.12. The first-order valence-electron chi connectivity index (χ1n) is 11.2. The number of carbonyl (C=O) groups excluding carboxylic acids is 1. The predicted octanol–water partition coefficient (Wildman–Crippen LogP) is 1.11. The van der Waals surface area contributed by atoms with E-state index in [1.54, 1.807) is 0 Å². The van der Waals surface area contributed by atoms with Crippen molar-refractivity contribution in [3.05, 3.63) is 39.8 Å². The molecule has 4 atom stereocenters. The third-order valence-corrected chi connectivity index (χ3v) is 7.31. The highest BCUT2D eigenvalue weighted by Crippen LogP contribution is 2.51. The van der Waals surface area contributed by atoms with Crippen LogP contribution >= 0.6 is 0 Å². The van der Waals surface area contributed by atoms with Crippen LogP contribution in [-0.4, -0.2) is 70.9 Å². The van der Waals surface area contributed by atoms with Gasteiger partial charge < -0.3 is 19.3 Å². The quantitative estimate of drug-likeness (QED) is 0.783. The normalized spacial score (nSPS) is 31.3. The van der Waals surface area contributed by atoms with Crippen LogP contribution in [0.3, 0.4) is 0 Å². The maximum atomic E-state index is 13.6. The number of hydrogen-bond acceptors (Lipinski definition) is 5. The molecule has 1 aromatic heterocycles. The molecule has 1 aliphatic carbocycles. The van der Waals surface area contributed by atoms with Gasteiger partial charge in [0.15, 0.2) is 0 Å². The van der Waals surface area contributed by atoms with Crippen LogP contribution in [0.15, 0.2) is 23.0 Å². The van der Waals surface area contributed by atoms with E-state index in [1.807, 2.05) is 34.6 Å². The Labute approximate surface area is 176 Å². The molecule has 0 spiro atoms. The van der Waals surface area contributed by atoms with Crippen molar-refractivity contribution in [3.63, 3.8) is 0 Å². The van der Waals surface area contributed by atoms with Gasteiger partial charge in [0.25, 0.3) is 5.56 Å². The first kappa shape index (κ1) is 20.0. The second kappa shape index (κ2) is 7.94. The number of allylic oxidation sites excluding steroid dienone is 1. The van der Waals surface area contributed by atoms with Crippen molar-refractivity contribution in [1.82, 2.24) is 14.4 Å². The van der Waals surface area contributed by atoms with Crippen LogP contribution in [0.4, 0.5) is 0 Å². The zero-order valence-corrected chi connectivity index (χ0v) is 17.6. The minimum atomic E-state index is -0.317. The summed E-state index contributed by atoms with van der Waals surface area (Å²) in [4.78, 5) is 30.8. The fraction of sp³-hybridized carbons (Fsp3) is 0.652. The summed E-state index contributed by atoms with van der Waals surface area (Å²) >= 11 is 0. The number of pyridine rings is 1. The van der Waals surface area contributed by atoms with Gasteiger partial charge in [-0.2, -0.15) is 0 Å². The summed E-state index contributed by atoms with van der Waals surface area (Å²) in [5, 5.41) is 10.4. The number of ether oxygens (including phenoxy) is 1. The Hall–Kier alpha value is -1.96. The summed E-state index contributed by atoms with van der Waals surface area (Å²) in [7, 11) is 0. The smallest absolute Gasteiger partial charge is 0.258 e. The number of carbonyl (C=O) groups is 1. The summed E-state index contributed by atoms with van der Waals surface area (Å²) in [6.45, 7) is 5.69. The molecule has 0 bridgehead atoms. The van der Waals surface area contributed by atoms with E-state index in [0.717, 1.165) is 12.2 Å². The molecule has 4 heterocycles. The van der Waals surface area contributed by atoms with E-state index in [1.165, 1.54) is 12.8 Å². The monoisotopic (exact) mass is 413 g/mol. The highest BCUT2D eigenvalue weighted by atomic mass is 16.5. The zero-order chi connectivity index (χ0) is 20.8. The van der Waals surface area contributed by atoms with E-state index < -0.39 is 0 Å². The van der Waals surface area contributed by atoms with Crippen molar-refractivity contribution in [2.24, 2.45) is 17.8 Å². The number of morpholine rings is 1. The number of nitrogens with zero attached hydrogens (tertiary/aromatic N) is 3. The van der Waals surface area contributed by atoms with Gasteiger partial charge in [-0.05, 0) is 37.8 Å². The van der Waals surface area contributed by atoms with Crippen molar-refractivity contribution in [1.29, 1.82) is 0 Å². The number of rotatable bonds is 5. The molecular formula is C23H31N3O4. The van der Waals surface area contributed by atoms with E-state index in [4.69, 9.17) is 4.74 Å². The van der Waals surface area contributed by atoms with Crippen LogP contribution < -0.4 is 5.56 Å². The molecule has 2 saturated heterocycles. The standard InChI is InChI=1S/C23H31N3O4/c1-2-3-16-6-7-19-20-17(13-25(19)22(16)28)18(14-27)21(26(20)12-15-4-5-15)23(29)24-8-10-30-11-9-24/h2-3,6-7,15,17-18,20-21,27H,4-5,8-14H2,1H3/b3-2-/t17-,18-,20+,21-/m1/s1. The lowest BCUT2D eigenvalue weighted by atomic mass is 9.88. The van der Waals surface area contributed by atoms with E-state index in [2.05, 4.69) is 11.0 Å². The third kappa shape index (κ3) is 3.24. The molecule has 0 unspecified atom stereocenters. The SMILES string of the molecule is C/C=C\c1ccc2n(c1=O)C[C@@H]1[C@@H](CO)[C@H](C(=O)N3CCOCC3)N(CC3CC3)[C@H]21. The van der Waals surface area contributed by atoms with Crippen molar-refractivity contribution >= 4 is 12.0 Å². The number of hydrogen-bond donors (Lipinski definition) is 1. The molecule has 3 fully saturated rings. The Morgan fingerprint density at radius 2 is 2.03 bits per heavy atom. The summed E-state index contributed by atoms with van der Waals surface area (Å²) in [5.74, 6) is 0.656. The molecule has 1 aromatic rings. The van der Waals surface area contributed by atoms with Crippen LogP contribution in [0.25, 0.3) is 6.08 Å². The van der Waals surface area contributed by atoms with Crippen molar-refractivity contribution in [2.75, 3.05) is 39.5 Å². The fourth-order valence-corrected chi connectivity index (χ4v) is 5.69. The minimum absolute atomic E-state index is 0.0186. The second-order valence-corrected chi connectivity index (χ2v) is 9.11. The van der Waals surface area contributed by atoms with E-state index in [9.17, 15) is 14.7 Å². The van der Waals surface area contributed by atoms with Crippen molar-refractivity contribution in [3.8, 4) is 0 Å².